The Kier molecular flexibility index (Phi) is 5.26. The monoisotopic (exact) mass is 263 g/mol. The number of aliphatic carboxylic acids is 1. The van der Waals surface area contributed by atoms with Crippen LogP contribution in [0.3, 0.4) is 0 Å². The van der Waals surface area contributed by atoms with Gasteiger partial charge in [0.2, 0.25) is 0 Å². The third kappa shape index (κ3) is 3.67. The Morgan fingerprint density at radius 3 is 2.44 bits per heavy atom. The number of rotatable bonds is 3. The van der Waals surface area contributed by atoms with E-state index >= 15 is 0 Å². The lowest BCUT2D eigenvalue weighted by Crippen LogP contribution is -2.43. The molecule has 1 aromatic rings. The van der Waals surface area contributed by atoms with Crippen molar-refractivity contribution in [1.29, 1.82) is 0 Å². The summed E-state index contributed by atoms with van der Waals surface area (Å²) >= 11 is 5.81. The molecule has 1 aromatic carbocycles. The van der Waals surface area contributed by atoms with Crippen LogP contribution in [0.1, 0.15) is 25.3 Å². The van der Waals surface area contributed by atoms with Gasteiger partial charge in [0.05, 0.1) is 5.92 Å². The van der Waals surface area contributed by atoms with Crippen LogP contribution in [0, 0.1) is 0 Å². The Labute approximate surface area is 106 Å². The van der Waals surface area contributed by atoms with Crippen molar-refractivity contribution in [3.63, 3.8) is 0 Å². The van der Waals surface area contributed by atoms with E-state index in [0.29, 0.717) is 10.6 Å². The summed E-state index contributed by atoms with van der Waals surface area (Å²) in [7, 11) is 0. The summed E-state index contributed by atoms with van der Waals surface area (Å²) in [6, 6.07) is 6.78. The van der Waals surface area contributed by atoms with E-state index in [9.17, 15) is 4.79 Å². The molecule has 0 fully saturated rings. The molecule has 3 N–H and O–H groups in total. The molecule has 0 aromatic heterocycles. The summed E-state index contributed by atoms with van der Waals surface area (Å²) < 4.78 is 0. The molecule has 1 rings (SSSR count). The van der Waals surface area contributed by atoms with Gasteiger partial charge >= 0.3 is 5.97 Å². The molecule has 0 aliphatic rings. The molecule has 0 aliphatic carbocycles. The maximum absolute atomic E-state index is 11.1. The van der Waals surface area contributed by atoms with Crippen LogP contribution in [0.2, 0.25) is 5.02 Å². The molecule has 0 amide bonds. The zero-order valence-electron chi connectivity index (χ0n) is 9.11. The van der Waals surface area contributed by atoms with Crippen LogP contribution in [-0.2, 0) is 4.79 Å². The fourth-order valence-electron chi connectivity index (χ4n) is 1.58. The van der Waals surface area contributed by atoms with Crippen LogP contribution in [0.5, 0.6) is 0 Å². The Morgan fingerprint density at radius 1 is 1.50 bits per heavy atom. The summed E-state index contributed by atoms with van der Waals surface area (Å²) in [5.41, 5.74) is 5.64. The van der Waals surface area contributed by atoms with Crippen molar-refractivity contribution in [2.45, 2.75) is 25.3 Å². The largest absolute Gasteiger partial charge is 0.481 e. The van der Waals surface area contributed by atoms with Crippen LogP contribution >= 0.6 is 24.0 Å². The summed E-state index contributed by atoms with van der Waals surface area (Å²) in [6.07, 6.45) is 0. The maximum atomic E-state index is 11.1. The first-order valence-electron chi connectivity index (χ1n) is 4.59. The average molecular weight is 264 g/mol. The van der Waals surface area contributed by atoms with Gasteiger partial charge in [-0.2, -0.15) is 0 Å². The highest BCUT2D eigenvalue weighted by molar-refractivity contribution is 6.30. The molecule has 0 radical (unpaired) electrons. The number of halogens is 2. The lowest BCUT2D eigenvalue weighted by Gasteiger charge is -2.27. The summed E-state index contributed by atoms with van der Waals surface area (Å²) in [6.45, 7) is 3.37. The first kappa shape index (κ1) is 15.2. The van der Waals surface area contributed by atoms with Gasteiger partial charge in [-0.3, -0.25) is 4.79 Å². The van der Waals surface area contributed by atoms with Gasteiger partial charge in [0, 0.05) is 10.6 Å². The lowest BCUT2D eigenvalue weighted by molar-refractivity contribution is -0.140. The van der Waals surface area contributed by atoms with Gasteiger partial charge in [0.25, 0.3) is 0 Å². The van der Waals surface area contributed by atoms with Crippen LogP contribution in [-0.4, -0.2) is 16.6 Å². The number of hydrogen-bond acceptors (Lipinski definition) is 2. The van der Waals surface area contributed by atoms with E-state index in [4.69, 9.17) is 22.4 Å². The first-order valence-corrected chi connectivity index (χ1v) is 4.97. The Morgan fingerprint density at radius 2 is 2.06 bits per heavy atom. The minimum atomic E-state index is -0.940. The quantitative estimate of drug-likeness (QED) is 0.882. The fourth-order valence-corrected chi connectivity index (χ4v) is 1.78. The van der Waals surface area contributed by atoms with Crippen molar-refractivity contribution in [3.8, 4) is 0 Å². The van der Waals surface area contributed by atoms with Crippen LogP contribution in [0.25, 0.3) is 0 Å². The van der Waals surface area contributed by atoms with E-state index < -0.39 is 17.4 Å². The van der Waals surface area contributed by atoms with Gasteiger partial charge < -0.3 is 10.8 Å². The highest BCUT2D eigenvalue weighted by Gasteiger charge is 2.33. The van der Waals surface area contributed by atoms with Crippen molar-refractivity contribution in [2.75, 3.05) is 0 Å². The minimum Gasteiger partial charge on any atom is -0.481 e. The Balaban J connectivity index is 0.00000225. The molecule has 5 heteroatoms. The third-order valence-electron chi connectivity index (χ3n) is 2.17. The minimum absolute atomic E-state index is 0. The predicted molar refractivity (Wildman–Crippen MR) is 67.3 cm³/mol. The van der Waals surface area contributed by atoms with Gasteiger partial charge in [-0.1, -0.05) is 23.7 Å². The maximum Gasteiger partial charge on any atom is 0.312 e. The summed E-state index contributed by atoms with van der Waals surface area (Å²) in [4.78, 5) is 11.1. The molecule has 0 heterocycles. The van der Waals surface area contributed by atoms with E-state index in [-0.39, 0.29) is 12.4 Å². The SMILES string of the molecule is CC(C)(N)C(C(=O)O)c1cccc(Cl)c1.Cl. The smallest absolute Gasteiger partial charge is 0.312 e. The van der Waals surface area contributed by atoms with Gasteiger partial charge in [-0.05, 0) is 31.5 Å². The summed E-state index contributed by atoms with van der Waals surface area (Å²) in [5, 5.41) is 9.65. The van der Waals surface area contributed by atoms with Crippen molar-refractivity contribution < 1.29 is 9.90 Å². The van der Waals surface area contributed by atoms with Gasteiger partial charge in [-0.25, -0.2) is 0 Å². The molecule has 0 bridgehead atoms. The topological polar surface area (TPSA) is 63.3 Å². The van der Waals surface area contributed by atoms with Gasteiger partial charge in [0.1, 0.15) is 0 Å². The number of nitrogens with two attached hydrogens (primary N) is 1. The molecule has 0 aliphatic heterocycles. The van der Waals surface area contributed by atoms with Gasteiger partial charge in [0.15, 0.2) is 0 Å². The third-order valence-corrected chi connectivity index (χ3v) is 2.41. The van der Waals surface area contributed by atoms with E-state index in [1.807, 2.05) is 0 Å². The van der Waals surface area contributed by atoms with Crippen molar-refractivity contribution in [2.24, 2.45) is 5.73 Å². The first-order chi connectivity index (χ1) is 6.82. The molecule has 90 valence electrons. The highest BCUT2D eigenvalue weighted by Crippen LogP contribution is 2.28. The standard InChI is InChI=1S/C11H14ClNO2.ClH/c1-11(2,13)9(10(14)15)7-4-3-5-8(12)6-7;/h3-6,9H,13H2,1-2H3,(H,14,15);1H. The Hall–Kier alpha value is -0.770. The predicted octanol–water partition coefficient (Wildman–Crippen LogP) is 2.67. The molecule has 1 unspecified atom stereocenters. The number of carboxylic acid groups (broad SMARTS) is 1. The zero-order chi connectivity index (χ0) is 11.6. The zero-order valence-corrected chi connectivity index (χ0v) is 10.7. The number of carboxylic acids is 1. The van der Waals surface area contributed by atoms with E-state index in [0.717, 1.165) is 0 Å². The Bertz CT molecular complexity index is 374. The number of hydrogen-bond donors (Lipinski definition) is 2. The number of carbonyl (C=O) groups is 1. The van der Waals surface area contributed by atoms with Gasteiger partial charge in [-0.15, -0.1) is 12.4 Å². The second-order valence-corrected chi connectivity index (χ2v) is 4.58. The second kappa shape index (κ2) is 5.53. The molecular formula is C11H15Cl2NO2. The van der Waals surface area contributed by atoms with Crippen LogP contribution < -0.4 is 5.73 Å². The molecule has 3 nitrogen and oxygen atoms in total. The summed E-state index contributed by atoms with van der Waals surface area (Å²) in [5.74, 6) is -1.69. The van der Waals surface area contributed by atoms with E-state index in [2.05, 4.69) is 0 Å². The number of benzene rings is 1. The molecular weight excluding hydrogens is 249 g/mol. The molecule has 16 heavy (non-hydrogen) atoms. The van der Waals surface area contributed by atoms with E-state index in [1.165, 1.54) is 0 Å². The van der Waals surface area contributed by atoms with Crippen molar-refractivity contribution >= 4 is 30.0 Å². The van der Waals surface area contributed by atoms with Crippen LogP contribution in [0.4, 0.5) is 0 Å². The van der Waals surface area contributed by atoms with Crippen molar-refractivity contribution in [1.82, 2.24) is 0 Å². The van der Waals surface area contributed by atoms with Crippen LogP contribution in [0.15, 0.2) is 24.3 Å². The lowest BCUT2D eigenvalue weighted by atomic mass is 9.83. The van der Waals surface area contributed by atoms with E-state index in [1.54, 1.807) is 38.1 Å². The van der Waals surface area contributed by atoms with Crippen molar-refractivity contribution in [3.05, 3.63) is 34.9 Å². The molecule has 0 saturated carbocycles. The second-order valence-electron chi connectivity index (χ2n) is 4.15. The fraction of sp³-hybridized carbons (Fsp3) is 0.364. The average Bonchev–Trinajstić information content (AvgIpc) is 1.99. The molecule has 0 saturated heterocycles. The normalized spacial score (nSPS) is 12.8. The molecule has 1 atom stereocenters. The molecule has 0 spiro atoms. The highest BCUT2D eigenvalue weighted by atomic mass is 35.5.